The van der Waals surface area contributed by atoms with E-state index in [1.165, 1.54) is 5.57 Å². The maximum atomic E-state index is 11.5. The molecule has 0 saturated carbocycles. The summed E-state index contributed by atoms with van der Waals surface area (Å²) in [7, 11) is 0. The summed E-state index contributed by atoms with van der Waals surface area (Å²) >= 11 is 0. The van der Waals surface area contributed by atoms with Crippen molar-refractivity contribution in [1.29, 1.82) is 0 Å². The molecule has 4 atom stereocenters. The molecular formula is C13H20O3. The molecule has 1 heterocycles. The van der Waals surface area contributed by atoms with Crippen LogP contribution in [0.15, 0.2) is 11.6 Å². The van der Waals surface area contributed by atoms with Gasteiger partial charge in [-0.3, -0.25) is 4.79 Å². The van der Waals surface area contributed by atoms with Crippen LogP contribution in [0, 0.1) is 17.8 Å². The van der Waals surface area contributed by atoms with Crippen molar-refractivity contribution in [3.63, 3.8) is 0 Å². The second-order valence-electron chi connectivity index (χ2n) is 5.05. The third-order valence-electron chi connectivity index (χ3n) is 4.03. The van der Waals surface area contributed by atoms with Crippen molar-refractivity contribution in [2.45, 2.75) is 39.2 Å². The normalized spacial score (nSPS) is 38.7. The number of carbonyl (C=O) groups excluding carboxylic acids is 1. The van der Waals surface area contributed by atoms with Crippen molar-refractivity contribution in [2.24, 2.45) is 17.8 Å². The van der Waals surface area contributed by atoms with Crippen molar-refractivity contribution >= 4 is 5.97 Å². The Hall–Kier alpha value is -0.830. The average Bonchev–Trinajstić information content (AvgIpc) is 2.42. The fraction of sp³-hybridized carbons (Fsp3) is 0.769. The minimum atomic E-state index is -0.0405. The summed E-state index contributed by atoms with van der Waals surface area (Å²) in [5.41, 5.74) is 1.32. The van der Waals surface area contributed by atoms with Gasteiger partial charge >= 0.3 is 5.97 Å². The topological polar surface area (TPSA) is 46.5 Å². The summed E-state index contributed by atoms with van der Waals surface area (Å²) in [6, 6.07) is 0. The van der Waals surface area contributed by atoms with Crippen molar-refractivity contribution in [3.8, 4) is 0 Å². The molecule has 3 heteroatoms. The van der Waals surface area contributed by atoms with Gasteiger partial charge in [0.05, 0.1) is 5.92 Å². The van der Waals surface area contributed by atoms with E-state index in [1.54, 1.807) is 0 Å². The second kappa shape index (κ2) is 4.58. The minimum absolute atomic E-state index is 0.0296. The van der Waals surface area contributed by atoms with E-state index >= 15 is 0 Å². The Morgan fingerprint density at radius 2 is 2.25 bits per heavy atom. The molecule has 3 nitrogen and oxygen atoms in total. The molecule has 1 aliphatic heterocycles. The molecule has 0 aromatic heterocycles. The van der Waals surface area contributed by atoms with E-state index in [1.807, 2.05) is 6.92 Å². The highest BCUT2D eigenvalue weighted by Gasteiger charge is 2.42. The van der Waals surface area contributed by atoms with Crippen LogP contribution in [0.5, 0.6) is 0 Å². The van der Waals surface area contributed by atoms with Gasteiger partial charge in [0.25, 0.3) is 0 Å². The van der Waals surface area contributed by atoms with E-state index in [9.17, 15) is 4.79 Å². The highest BCUT2D eigenvalue weighted by molar-refractivity contribution is 5.74. The summed E-state index contributed by atoms with van der Waals surface area (Å²) in [6.45, 7) is 4.32. The Kier molecular flexibility index (Phi) is 3.33. The van der Waals surface area contributed by atoms with Crippen molar-refractivity contribution in [2.75, 3.05) is 6.61 Å². The maximum absolute atomic E-state index is 11.5. The predicted molar refractivity (Wildman–Crippen MR) is 60.7 cm³/mol. The molecule has 0 radical (unpaired) electrons. The van der Waals surface area contributed by atoms with Crippen molar-refractivity contribution in [1.82, 2.24) is 0 Å². The van der Waals surface area contributed by atoms with Crippen LogP contribution in [0.4, 0.5) is 0 Å². The number of esters is 1. The molecule has 0 bridgehead atoms. The van der Waals surface area contributed by atoms with Crippen LogP contribution in [-0.4, -0.2) is 23.8 Å². The first-order valence-corrected chi connectivity index (χ1v) is 6.13. The molecule has 0 aromatic rings. The van der Waals surface area contributed by atoms with E-state index in [2.05, 4.69) is 13.0 Å². The number of allylic oxidation sites excluding steroid dienone is 1. The van der Waals surface area contributed by atoms with Crippen molar-refractivity contribution < 1.29 is 14.6 Å². The van der Waals surface area contributed by atoms with Crippen LogP contribution < -0.4 is 0 Å². The summed E-state index contributed by atoms with van der Waals surface area (Å²) in [4.78, 5) is 11.5. The second-order valence-corrected chi connectivity index (χ2v) is 5.05. The molecule has 0 aromatic carbocycles. The molecule has 1 N–H and O–H groups in total. The molecule has 0 unspecified atom stereocenters. The van der Waals surface area contributed by atoms with Crippen LogP contribution in [0.1, 0.15) is 33.1 Å². The van der Waals surface area contributed by atoms with Gasteiger partial charge in [-0.1, -0.05) is 25.5 Å². The summed E-state index contributed by atoms with van der Waals surface area (Å²) in [6.07, 6.45) is 4.88. The van der Waals surface area contributed by atoms with E-state index in [0.717, 1.165) is 19.3 Å². The number of ether oxygens (including phenoxy) is 1. The number of carbonyl (C=O) groups is 1. The highest BCUT2D eigenvalue weighted by Crippen LogP contribution is 2.39. The average molecular weight is 224 g/mol. The largest absolute Gasteiger partial charge is 0.462 e. The van der Waals surface area contributed by atoms with Crippen LogP contribution in [-0.2, 0) is 9.53 Å². The summed E-state index contributed by atoms with van der Waals surface area (Å²) in [5.74, 6) is 0.745. The Balaban J connectivity index is 2.12. The first-order valence-electron chi connectivity index (χ1n) is 6.13. The van der Waals surface area contributed by atoms with Gasteiger partial charge in [0.1, 0.15) is 6.10 Å². The number of rotatable bonds is 2. The fourth-order valence-electron chi connectivity index (χ4n) is 2.89. The zero-order valence-electron chi connectivity index (χ0n) is 9.98. The molecule has 0 amide bonds. The number of hydrogen-bond donors (Lipinski definition) is 1. The molecule has 2 rings (SSSR count). The van der Waals surface area contributed by atoms with Gasteiger partial charge in [-0.25, -0.2) is 0 Å². The lowest BCUT2D eigenvalue weighted by Crippen LogP contribution is -2.19. The Labute approximate surface area is 96.5 Å². The lowest BCUT2D eigenvalue weighted by Gasteiger charge is -2.18. The van der Waals surface area contributed by atoms with Crippen molar-refractivity contribution in [3.05, 3.63) is 11.6 Å². The zero-order valence-corrected chi connectivity index (χ0v) is 9.98. The molecule has 90 valence electrons. The van der Waals surface area contributed by atoms with Gasteiger partial charge in [-0.15, -0.1) is 0 Å². The fourth-order valence-corrected chi connectivity index (χ4v) is 2.89. The Bertz CT molecular complexity index is 308. The molecule has 16 heavy (non-hydrogen) atoms. The van der Waals surface area contributed by atoms with Gasteiger partial charge in [0, 0.05) is 12.5 Å². The molecule has 1 saturated heterocycles. The van der Waals surface area contributed by atoms with Gasteiger partial charge < -0.3 is 9.84 Å². The Morgan fingerprint density at radius 1 is 1.50 bits per heavy atom. The van der Waals surface area contributed by atoms with E-state index < -0.39 is 0 Å². The van der Waals surface area contributed by atoms with E-state index in [0.29, 0.717) is 11.8 Å². The standard InChI is InChI=1S/C13H20O3/c1-8-7-12-11(9(2)13(15)16-12)4-3-10(8)5-6-14/h3,8-9,11-12,14H,4-7H2,1-2H3/t8-,9-,11+,12+/m1/s1. The van der Waals surface area contributed by atoms with E-state index in [4.69, 9.17) is 9.84 Å². The van der Waals surface area contributed by atoms with Gasteiger partial charge in [-0.05, 0) is 25.2 Å². The third-order valence-corrected chi connectivity index (χ3v) is 4.03. The summed E-state index contributed by atoms with van der Waals surface area (Å²) < 4.78 is 5.42. The van der Waals surface area contributed by atoms with Crippen LogP contribution in [0.25, 0.3) is 0 Å². The van der Waals surface area contributed by atoms with Gasteiger partial charge in [-0.2, -0.15) is 0 Å². The van der Waals surface area contributed by atoms with E-state index in [-0.39, 0.29) is 24.6 Å². The van der Waals surface area contributed by atoms with Crippen LogP contribution in [0.3, 0.4) is 0 Å². The molecule has 0 spiro atoms. The first-order chi connectivity index (χ1) is 7.63. The smallest absolute Gasteiger partial charge is 0.309 e. The monoisotopic (exact) mass is 224 g/mol. The van der Waals surface area contributed by atoms with Gasteiger partial charge in [0.2, 0.25) is 0 Å². The first kappa shape index (κ1) is 11.6. The maximum Gasteiger partial charge on any atom is 0.309 e. The van der Waals surface area contributed by atoms with Crippen LogP contribution >= 0.6 is 0 Å². The number of aliphatic hydroxyl groups is 1. The molecule has 1 fully saturated rings. The summed E-state index contributed by atoms with van der Waals surface area (Å²) in [5, 5.41) is 9.00. The Morgan fingerprint density at radius 3 is 2.94 bits per heavy atom. The number of fused-ring (bicyclic) bond motifs is 1. The molecule has 2 aliphatic rings. The third kappa shape index (κ3) is 2.01. The lowest BCUT2D eigenvalue weighted by molar-refractivity contribution is -0.144. The SMILES string of the molecule is C[C@@H]1C[C@@H]2OC(=O)[C@H](C)[C@@H]2CC=C1CCO. The predicted octanol–water partition coefficient (Wildman–Crippen LogP) is 1.90. The zero-order chi connectivity index (χ0) is 11.7. The molecular weight excluding hydrogens is 204 g/mol. The lowest BCUT2D eigenvalue weighted by atomic mass is 9.87. The quantitative estimate of drug-likeness (QED) is 0.575. The van der Waals surface area contributed by atoms with Crippen LogP contribution in [0.2, 0.25) is 0 Å². The van der Waals surface area contributed by atoms with Gasteiger partial charge in [0.15, 0.2) is 0 Å². The highest BCUT2D eigenvalue weighted by atomic mass is 16.6. The molecule has 1 aliphatic carbocycles. The number of aliphatic hydroxyl groups excluding tert-OH is 1. The number of hydrogen-bond acceptors (Lipinski definition) is 3. The minimum Gasteiger partial charge on any atom is -0.462 e.